The number of carbonyl (C=O) groups is 3. The lowest BCUT2D eigenvalue weighted by Crippen LogP contribution is -2.55. The van der Waals surface area contributed by atoms with Crippen LogP contribution in [-0.4, -0.2) is 86.0 Å². The quantitative estimate of drug-likeness (QED) is 0.237. The van der Waals surface area contributed by atoms with Crippen molar-refractivity contribution in [3.05, 3.63) is 89.5 Å². The van der Waals surface area contributed by atoms with Crippen molar-refractivity contribution in [2.45, 2.75) is 64.1 Å². The summed E-state index contributed by atoms with van der Waals surface area (Å²) in [4.78, 5) is 43.8. The molecule has 3 aromatic carbocycles. The van der Waals surface area contributed by atoms with Crippen molar-refractivity contribution >= 4 is 17.7 Å². The minimum Gasteiger partial charge on any atom is -0.497 e. The number of aryl methyl sites for hydroxylation is 2. The minimum atomic E-state index is -0.666. The van der Waals surface area contributed by atoms with Crippen LogP contribution >= 0.6 is 0 Å². The van der Waals surface area contributed by atoms with Gasteiger partial charge in [0, 0.05) is 25.7 Å². The van der Waals surface area contributed by atoms with Gasteiger partial charge in [-0.25, -0.2) is 0 Å². The largest absolute Gasteiger partial charge is 0.497 e. The smallest absolute Gasteiger partial charge is 0.245 e. The number of nitrogens with two attached hydrogens (primary N) is 1. The molecule has 0 spiro atoms. The van der Waals surface area contributed by atoms with Crippen molar-refractivity contribution in [3.8, 4) is 16.9 Å². The third-order valence-electron chi connectivity index (χ3n) is 9.03. The number of nitrogens with zero attached hydrogens (tertiary/aromatic N) is 2. The molecule has 9 heteroatoms. The number of likely N-dealkylation sites (tertiary alicyclic amines) is 1. The first-order valence-electron chi connectivity index (χ1n) is 16.3. The van der Waals surface area contributed by atoms with E-state index in [1.165, 1.54) is 0 Å². The average molecular weight is 628 g/mol. The number of benzene rings is 3. The minimum absolute atomic E-state index is 0.102. The van der Waals surface area contributed by atoms with Crippen LogP contribution in [0.3, 0.4) is 0 Å². The highest BCUT2D eigenvalue weighted by Gasteiger charge is 2.35. The lowest BCUT2D eigenvalue weighted by Gasteiger charge is -2.33. The van der Waals surface area contributed by atoms with Crippen molar-refractivity contribution in [1.82, 2.24) is 20.4 Å². The molecule has 4 rings (SSSR count). The molecule has 3 amide bonds. The molecule has 0 aromatic heterocycles. The molecule has 0 aliphatic carbocycles. The summed E-state index contributed by atoms with van der Waals surface area (Å²) in [6, 6.07) is 23.0. The van der Waals surface area contributed by atoms with Crippen molar-refractivity contribution in [1.29, 1.82) is 0 Å². The molecule has 1 aliphatic rings. The van der Waals surface area contributed by atoms with Gasteiger partial charge in [0.15, 0.2) is 0 Å². The molecule has 246 valence electrons. The Bertz CT molecular complexity index is 1460. The Balaban J connectivity index is 1.50. The third kappa shape index (κ3) is 8.95. The highest BCUT2D eigenvalue weighted by Crippen LogP contribution is 2.31. The highest BCUT2D eigenvalue weighted by atomic mass is 16.5. The standard InChI is InChI=1S/C37H49N5O4/c1-26-16-18-31(46-4)23-33(26)32-15-9-8-13-29(32)20-22-41(35(43)24-38)25-30-14-10-21-42(30)37(45)34(40-36(44)27(2)39-3)19-17-28-11-6-5-7-12-28/h5-9,11-13,15-16,18,23,27,30,34,39H,10,14,17,19-22,24-25,38H2,1-4H3,(H,40,44)/t27-,30-,34-/m0/s1. The van der Waals surface area contributed by atoms with E-state index < -0.39 is 12.1 Å². The van der Waals surface area contributed by atoms with Crippen LogP contribution in [-0.2, 0) is 27.2 Å². The van der Waals surface area contributed by atoms with E-state index >= 15 is 0 Å². The van der Waals surface area contributed by atoms with E-state index in [2.05, 4.69) is 35.8 Å². The highest BCUT2D eigenvalue weighted by molar-refractivity contribution is 5.90. The summed E-state index contributed by atoms with van der Waals surface area (Å²) >= 11 is 0. The zero-order valence-corrected chi connectivity index (χ0v) is 27.6. The first-order valence-corrected chi connectivity index (χ1v) is 16.3. The summed E-state index contributed by atoms with van der Waals surface area (Å²) in [6.07, 6.45) is 3.40. The van der Waals surface area contributed by atoms with Gasteiger partial charge < -0.3 is 30.9 Å². The molecule has 0 radical (unpaired) electrons. The Morgan fingerprint density at radius 3 is 2.48 bits per heavy atom. The van der Waals surface area contributed by atoms with Crippen LogP contribution < -0.4 is 21.1 Å². The van der Waals surface area contributed by atoms with Gasteiger partial charge in [-0.1, -0.05) is 60.7 Å². The molecule has 1 saturated heterocycles. The SMILES string of the molecule is CN[C@@H](C)C(=O)N[C@@H](CCc1ccccc1)C(=O)N1CCC[C@H]1CN(CCc1ccccc1-c1cc(OC)ccc1C)C(=O)CN. The summed E-state index contributed by atoms with van der Waals surface area (Å²) in [7, 11) is 3.39. The zero-order valence-electron chi connectivity index (χ0n) is 27.6. The fourth-order valence-corrected chi connectivity index (χ4v) is 6.13. The summed E-state index contributed by atoms with van der Waals surface area (Å²) in [5.41, 5.74) is 11.4. The Labute approximate surface area is 273 Å². The Morgan fingerprint density at radius 1 is 1.02 bits per heavy atom. The Hall–Kier alpha value is -4.21. The van der Waals surface area contributed by atoms with Crippen LogP contribution in [0, 0.1) is 6.92 Å². The fourth-order valence-electron chi connectivity index (χ4n) is 6.13. The number of nitrogens with one attached hydrogen (secondary N) is 2. The molecule has 9 nitrogen and oxygen atoms in total. The van der Waals surface area contributed by atoms with E-state index in [9.17, 15) is 14.4 Å². The number of rotatable bonds is 15. The number of hydrogen-bond acceptors (Lipinski definition) is 6. The van der Waals surface area contributed by atoms with E-state index in [1.807, 2.05) is 59.5 Å². The van der Waals surface area contributed by atoms with Gasteiger partial charge in [0.1, 0.15) is 11.8 Å². The van der Waals surface area contributed by atoms with Crippen LogP contribution in [0.1, 0.15) is 42.9 Å². The number of carbonyl (C=O) groups excluding carboxylic acids is 3. The van der Waals surface area contributed by atoms with Gasteiger partial charge >= 0.3 is 0 Å². The molecule has 46 heavy (non-hydrogen) atoms. The van der Waals surface area contributed by atoms with Crippen LogP contribution in [0.25, 0.3) is 11.1 Å². The molecular formula is C37H49N5O4. The van der Waals surface area contributed by atoms with E-state index in [0.717, 1.165) is 46.4 Å². The maximum atomic E-state index is 14.1. The third-order valence-corrected chi connectivity index (χ3v) is 9.03. The number of methoxy groups -OCH3 is 1. The molecule has 1 aliphatic heterocycles. The van der Waals surface area contributed by atoms with Gasteiger partial charge in [-0.3, -0.25) is 14.4 Å². The second-order valence-corrected chi connectivity index (χ2v) is 12.1. The molecule has 3 atom stereocenters. The maximum Gasteiger partial charge on any atom is 0.245 e. The average Bonchev–Trinajstić information content (AvgIpc) is 3.56. The summed E-state index contributed by atoms with van der Waals surface area (Å²) in [5.74, 6) is 0.328. The van der Waals surface area contributed by atoms with Gasteiger partial charge in [0.05, 0.1) is 19.7 Å². The molecule has 0 saturated carbocycles. The molecular weight excluding hydrogens is 578 g/mol. The lowest BCUT2D eigenvalue weighted by atomic mass is 9.94. The molecule has 0 unspecified atom stereocenters. The number of likely N-dealkylation sites (N-methyl/N-ethyl adjacent to an activating group) is 1. The van der Waals surface area contributed by atoms with Crippen LogP contribution in [0.5, 0.6) is 5.75 Å². The normalized spacial score (nSPS) is 15.7. The zero-order chi connectivity index (χ0) is 33.1. The maximum absolute atomic E-state index is 14.1. The summed E-state index contributed by atoms with van der Waals surface area (Å²) < 4.78 is 5.49. The van der Waals surface area contributed by atoms with Crippen LogP contribution in [0.4, 0.5) is 0 Å². The van der Waals surface area contributed by atoms with E-state index in [1.54, 1.807) is 26.0 Å². The Kier molecular flexibility index (Phi) is 12.7. The monoisotopic (exact) mass is 627 g/mol. The van der Waals surface area contributed by atoms with Gasteiger partial charge in [-0.05, 0) is 92.9 Å². The van der Waals surface area contributed by atoms with Crippen molar-refractivity contribution < 1.29 is 19.1 Å². The van der Waals surface area contributed by atoms with Crippen LogP contribution in [0.15, 0.2) is 72.8 Å². The number of hydrogen-bond donors (Lipinski definition) is 3. The van der Waals surface area contributed by atoms with Gasteiger partial charge in [0.25, 0.3) is 0 Å². The molecule has 1 fully saturated rings. The first kappa shape index (κ1) is 34.7. The van der Waals surface area contributed by atoms with Gasteiger partial charge in [-0.2, -0.15) is 0 Å². The molecule has 3 aromatic rings. The lowest BCUT2D eigenvalue weighted by molar-refractivity contribution is -0.139. The summed E-state index contributed by atoms with van der Waals surface area (Å²) in [6.45, 7) is 5.21. The fraction of sp³-hybridized carbons (Fsp3) is 0.432. The predicted molar refractivity (Wildman–Crippen MR) is 182 cm³/mol. The van der Waals surface area contributed by atoms with Crippen molar-refractivity contribution in [2.75, 3.05) is 40.3 Å². The van der Waals surface area contributed by atoms with E-state index in [4.69, 9.17) is 10.5 Å². The first-order chi connectivity index (χ1) is 22.2. The van der Waals surface area contributed by atoms with Crippen molar-refractivity contribution in [2.24, 2.45) is 5.73 Å². The van der Waals surface area contributed by atoms with E-state index in [-0.39, 0.29) is 30.3 Å². The Morgan fingerprint density at radius 2 is 1.76 bits per heavy atom. The predicted octanol–water partition coefficient (Wildman–Crippen LogP) is 3.72. The van der Waals surface area contributed by atoms with Gasteiger partial charge in [-0.15, -0.1) is 0 Å². The van der Waals surface area contributed by atoms with Crippen molar-refractivity contribution in [3.63, 3.8) is 0 Å². The topological polar surface area (TPSA) is 117 Å². The van der Waals surface area contributed by atoms with Crippen LogP contribution in [0.2, 0.25) is 0 Å². The van der Waals surface area contributed by atoms with Gasteiger partial charge in [0.2, 0.25) is 17.7 Å². The molecule has 4 N–H and O–H groups in total. The van der Waals surface area contributed by atoms with E-state index in [0.29, 0.717) is 38.9 Å². The second kappa shape index (κ2) is 16.9. The summed E-state index contributed by atoms with van der Waals surface area (Å²) in [5, 5.41) is 5.96. The number of ether oxygens (including phenoxy) is 1. The molecule has 1 heterocycles. The molecule has 0 bridgehead atoms. The second-order valence-electron chi connectivity index (χ2n) is 12.1. The number of amides is 3.